The van der Waals surface area contributed by atoms with Gasteiger partial charge in [-0.05, 0) is 18.6 Å². The van der Waals surface area contributed by atoms with Crippen molar-refractivity contribution in [2.75, 3.05) is 6.54 Å². The maximum atomic E-state index is 11.8. The lowest BCUT2D eigenvalue weighted by Gasteiger charge is -2.00. The Morgan fingerprint density at radius 1 is 1.62 bits per heavy atom. The van der Waals surface area contributed by atoms with Crippen molar-refractivity contribution in [3.63, 3.8) is 0 Å². The molecule has 4 nitrogen and oxygen atoms in total. The standard InChI is InChI=1S/C12H13N3O/c1-3-6-13-12(16)10-7-14-15-8-9(2)4-5-11(10)15/h3-5,7-8H,1,6H2,2H3,(H,13,16). The molecule has 0 spiro atoms. The molecular formula is C12H13N3O. The summed E-state index contributed by atoms with van der Waals surface area (Å²) in [5.41, 5.74) is 2.50. The predicted molar refractivity (Wildman–Crippen MR) is 62.5 cm³/mol. The van der Waals surface area contributed by atoms with Gasteiger partial charge < -0.3 is 5.32 Å². The van der Waals surface area contributed by atoms with Gasteiger partial charge in [-0.1, -0.05) is 12.1 Å². The van der Waals surface area contributed by atoms with E-state index in [0.717, 1.165) is 11.1 Å². The Hall–Kier alpha value is -2.10. The third-order valence-electron chi connectivity index (χ3n) is 2.32. The molecule has 1 amide bonds. The topological polar surface area (TPSA) is 46.4 Å². The van der Waals surface area contributed by atoms with Crippen LogP contribution in [-0.2, 0) is 0 Å². The van der Waals surface area contributed by atoms with E-state index in [0.29, 0.717) is 12.1 Å². The first kappa shape index (κ1) is 10.4. The van der Waals surface area contributed by atoms with E-state index < -0.39 is 0 Å². The normalized spacial score (nSPS) is 10.3. The van der Waals surface area contributed by atoms with Crippen LogP contribution in [0.2, 0.25) is 0 Å². The largest absolute Gasteiger partial charge is 0.348 e. The summed E-state index contributed by atoms with van der Waals surface area (Å²) in [5.74, 6) is -0.126. The molecule has 0 saturated heterocycles. The molecule has 0 atom stereocenters. The maximum Gasteiger partial charge on any atom is 0.255 e. The molecular weight excluding hydrogens is 202 g/mol. The quantitative estimate of drug-likeness (QED) is 0.790. The highest BCUT2D eigenvalue weighted by atomic mass is 16.1. The molecule has 0 aromatic carbocycles. The zero-order valence-corrected chi connectivity index (χ0v) is 9.10. The molecule has 0 radical (unpaired) electrons. The third kappa shape index (κ3) is 1.82. The summed E-state index contributed by atoms with van der Waals surface area (Å²) in [6, 6.07) is 3.85. The number of fused-ring (bicyclic) bond motifs is 1. The van der Waals surface area contributed by atoms with Crippen LogP contribution in [0.5, 0.6) is 0 Å². The first-order valence-corrected chi connectivity index (χ1v) is 5.05. The number of pyridine rings is 1. The van der Waals surface area contributed by atoms with Crippen LogP contribution in [0.25, 0.3) is 5.52 Å². The summed E-state index contributed by atoms with van der Waals surface area (Å²) in [5, 5.41) is 6.87. The number of carbonyl (C=O) groups excluding carboxylic acids is 1. The number of aromatic nitrogens is 2. The second kappa shape index (κ2) is 4.18. The first-order chi connectivity index (χ1) is 7.72. The fourth-order valence-corrected chi connectivity index (χ4v) is 1.52. The van der Waals surface area contributed by atoms with Crippen molar-refractivity contribution in [2.24, 2.45) is 0 Å². The van der Waals surface area contributed by atoms with E-state index in [1.54, 1.807) is 16.8 Å². The predicted octanol–water partition coefficient (Wildman–Crippen LogP) is 1.56. The van der Waals surface area contributed by atoms with Crippen LogP contribution in [0.4, 0.5) is 0 Å². The van der Waals surface area contributed by atoms with E-state index in [1.807, 2.05) is 25.3 Å². The number of aryl methyl sites for hydroxylation is 1. The molecule has 2 heterocycles. The van der Waals surface area contributed by atoms with Crippen molar-refractivity contribution in [2.45, 2.75) is 6.92 Å². The maximum absolute atomic E-state index is 11.8. The van der Waals surface area contributed by atoms with Gasteiger partial charge in [0.05, 0.1) is 17.3 Å². The molecule has 82 valence electrons. The van der Waals surface area contributed by atoms with Crippen LogP contribution >= 0.6 is 0 Å². The van der Waals surface area contributed by atoms with Crippen molar-refractivity contribution >= 4 is 11.4 Å². The van der Waals surface area contributed by atoms with Crippen molar-refractivity contribution in [3.8, 4) is 0 Å². The highest BCUT2D eigenvalue weighted by Crippen LogP contribution is 2.11. The van der Waals surface area contributed by atoms with Gasteiger partial charge in [-0.15, -0.1) is 6.58 Å². The first-order valence-electron chi connectivity index (χ1n) is 5.05. The number of hydrogen-bond donors (Lipinski definition) is 1. The van der Waals surface area contributed by atoms with Gasteiger partial charge in [0.25, 0.3) is 5.91 Å². The van der Waals surface area contributed by atoms with Gasteiger partial charge >= 0.3 is 0 Å². The smallest absolute Gasteiger partial charge is 0.255 e. The van der Waals surface area contributed by atoms with Crippen LogP contribution < -0.4 is 5.32 Å². The lowest BCUT2D eigenvalue weighted by atomic mass is 10.2. The van der Waals surface area contributed by atoms with Crippen LogP contribution in [0.3, 0.4) is 0 Å². The van der Waals surface area contributed by atoms with Gasteiger partial charge in [0.1, 0.15) is 0 Å². The minimum absolute atomic E-state index is 0.126. The Morgan fingerprint density at radius 3 is 3.19 bits per heavy atom. The van der Waals surface area contributed by atoms with E-state index in [1.165, 1.54) is 0 Å². The SMILES string of the molecule is C=CCNC(=O)c1cnn2cc(C)ccc12. The number of nitrogens with one attached hydrogen (secondary N) is 1. The lowest BCUT2D eigenvalue weighted by molar-refractivity contribution is 0.0959. The molecule has 16 heavy (non-hydrogen) atoms. The van der Waals surface area contributed by atoms with E-state index in [9.17, 15) is 4.79 Å². The highest BCUT2D eigenvalue weighted by molar-refractivity contribution is 6.00. The molecule has 2 aromatic heterocycles. The van der Waals surface area contributed by atoms with Gasteiger partial charge in [0.2, 0.25) is 0 Å². The Morgan fingerprint density at radius 2 is 2.44 bits per heavy atom. The van der Waals surface area contributed by atoms with Crippen LogP contribution in [-0.4, -0.2) is 22.1 Å². The van der Waals surface area contributed by atoms with E-state index in [4.69, 9.17) is 0 Å². The second-order valence-corrected chi connectivity index (χ2v) is 3.59. The minimum Gasteiger partial charge on any atom is -0.348 e. The van der Waals surface area contributed by atoms with Crippen molar-refractivity contribution < 1.29 is 4.79 Å². The van der Waals surface area contributed by atoms with Gasteiger partial charge in [-0.3, -0.25) is 4.79 Å². The minimum atomic E-state index is -0.126. The number of amides is 1. The number of rotatable bonds is 3. The number of hydrogen-bond acceptors (Lipinski definition) is 2. The average Bonchev–Trinajstić information content (AvgIpc) is 2.68. The lowest BCUT2D eigenvalue weighted by Crippen LogP contribution is -2.22. The monoisotopic (exact) mass is 215 g/mol. The molecule has 4 heteroatoms. The van der Waals surface area contributed by atoms with Gasteiger partial charge in [-0.25, -0.2) is 4.52 Å². The average molecular weight is 215 g/mol. The fourth-order valence-electron chi connectivity index (χ4n) is 1.52. The molecule has 0 bridgehead atoms. The van der Waals surface area contributed by atoms with E-state index in [2.05, 4.69) is 17.0 Å². The Kier molecular flexibility index (Phi) is 2.72. The summed E-state index contributed by atoms with van der Waals surface area (Å²) >= 11 is 0. The van der Waals surface area contributed by atoms with Crippen LogP contribution in [0.15, 0.2) is 37.2 Å². The molecule has 1 N–H and O–H groups in total. The van der Waals surface area contributed by atoms with Gasteiger partial charge in [-0.2, -0.15) is 5.10 Å². The van der Waals surface area contributed by atoms with Crippen LogP contribution in [0.1, 0.15) is 15.9 Å². The summed E-state index contributed by atoms with van der Waals surface area (Å²) in [7, 11) is 0. The van der Waals surface area contributed by atoms with Gasteiger partial charge in [0.15, 0.2) is 0 Å². The Labute approximate surface area is 93.6 Å². The molecule has 0 unspecified atom stereocenters. The third-order valence-corrected chi connectivity index (χ3v) is 2.32. The summed E-state index contributed by atoms with van der Waals surface area (Å²) < 4.78 is 1.71. The zero-order chi connectivity index (χ0) is 11.5. The molecule has 2 rings (SSSR count). The van der Waals surface area contributed by atoms with Crippen molar-refractivity contribution in [1.82, 2.24) is 14.9 Å². The fraction of sp³-hybridized carbons (Fsp3) is 0.167. The van der Waals surface area contributed by atoms with Gasteiger partial charge in [0, 0.05) is 12.7 Å². The van der Waals surface area contributed by atoms with Crippen LogP contribution in [0, 0.1) is 6.92 Å². The second-order valence-electron chi connectivity index (χ2n) is 3.59. The molecule has 0 aliphatic heterocycles. The Balaban J connectivity index is 2.38. The molecule has 0 aliphatic rings. The summed E-state index contributed by atoms with van der Waals surface area (Å²) in [6.45, 7) is 6.00. The highest BCUT2D eigenvalue weighted by Gasteiger charge is 2.11. The number of nitrogens with zero attached hydrogens (tertiary/aromatic N) is 2. The molecule has 0 fully saturated rings. The number of carbonyl (C=O) groups is 1. The summed E-state index contributed by atoms with van der Waals surface area (Å²) in [6.07, 6.45) is 5.11. The summed E-state index contributed by atoms with van der Waals surface area (Å²) in [4.78, 5) is 11.8. The Bertz CT molecular complexity index is 542. The van der Waals surface area contributed by atoms with Crippen molar-refractivity contribution in [1.29, 1.82) is 0 Å². The molecule has 0 saturated carbocycles. The molecule has 0 aliphatic carbocycles. The molecule has 2 aromatic rings. The zero-order valence-electron chi connectivity index (χ0n) is 9.10. The van der Waals surface area contributed by atoms with Crippen molar-refractivity contribution in [3.05, 3.63) is 48.3 Å². The van der Waals surface area contributed by atoms with E-state index in [-0.39, 0.29) is 5.91 Å². The van der Waals surface area contributed by atoms with E-state index >= 15 is 0 Å².